The molecule has 0 fully saturated rings. The normalized spacial score (nSPS) is 11.5. The first kappa shape index (κ1) is 41.3. The highest BCUT2D eigenvalue weighted by molar-refractivity contribution is 6.17. The highest BCUT2D eigenvalue weighted by Crippen LogP contribution is 2.01. The third kappa shape index (κ3) is 39.3. The van der Waals surface area contributed by atoms with Crippen LogP contribution in [0.1, 0.15) is 25.7 Å². The number of ether oxygens (including phenoxy) is 11. The zero-order chi connectivity index (χ0) is 30.4. The predicted octanol–water partition coefficient (Wildman–Crippen LogP) is 2.05. The second-order valence-electron chi connectivity index (χ2n) is 8.67. The number of aliphatic carboxylic acids is 1. The molecule has 0 spiro atoms. The summed E-state index contributed by atoms with van der Waals surface area (Å²) >= 11 is 5.64. The fraction of sp³-hybridized carbons (Fsp3) is 0.964. The van der Waals surface area contributed by atoms with Crippen LogP contribution in [0, 0.1) is 0 Å². The molecular weight excluding hydrogens is 580 g/mol. The van der Waals surface area contributed by atoms with Gasteiger partial charge in [-0.1, -0.05) is 12.8 Å². The van der Waals surface area contributed by atoms with Crippen molar-refractivity contribution < 1.29 is 62.0 Å². The molecule has 252 valence electrons. The summed E-state index contributed by atoms with van der Waals surface area (Å²) in [6.45, 7) is 10.1. The van der Waals surface area contributed by atoms with Gasteiger partial charge in [0.15, 0.2) is 0 Å². The van der Waals surface area contributed by atoms with Crippen molar-refractivity contribution in [2.75, 3.05) is 151 Å². The van der Waals surface area contributed by atoms with Crippen molar-refractivity contribution in [2.24, 2.45) is 0 Å². The number of hydrogen-bond donors (Lipinski definition) is 1. The molecule has 42 heavy (non-hydrogen) atoms. The van der Waals surface area contributed by atoms with Gasteiger partial charge in [0, 0.05) is 12.5 Å². The summed E-state index contributed by atoms with van der Waals surface area (Å²) in [5.41, 5.74) is 0. The largest absolute Gasteiger partial charge is 0.480 e. The Morgan fingerprint density at radius 1 is 0.357 bits per heavy atom. The lowest BCUT2D eigenvalue weighted by Crippen LogP contribution is -2.15. The molecule has 0 aromatic rings. The molecule has 0 aliphatic rings. The smallest absolute Gasteiger partial charge is 0.329 e. The van der Waals surface area contributed by atoms with E-state index in [9.17, 15) is 4.79 Å². The van der Waals surface area contributed by atoms with Crippen LogP contribution in [0.15, 0.2) is 0 Å². The summed E-state index contributed by atoms with van der Waals surface area (Å²) in [4.78, 5) is 10.3. The van der Waals surface area contributed by atoms with Crippen molar-refractivity contribution >= 4 is 17.6 Å². The molecule has 0 aliphatic carbocycles. The molecule has 0 rings (SSSR count). The maximum absolute atomic E-state index is 10.3. The Morgan fingerprint density at radius 2 is 0.595 bits per heavy atom. The van der Waals surface area contributed by atoms with Gasteiger partial charge in [0.2, 0.25) is 0 Å². The molecular formula is C28H55ClO13. The van der Waals surface area contributed by atoms with Gasteiger partial charge in [0.25, 0.3) is 0 Å². The highest BCUT2D eigenvalue weighted by Gasteiger charge is 1.98. The van der Waals surface area contributed by atoms with Crippen LogP contribution in [0.5, 0.6) is 0 Å². The van der Waals surface area contributed by atoms with Gasteiger partial charge < -0.3 is 57.2 Å². The van der Waals surface area contributed by atoms with E-state index in [1.54, 1.807) is 0 Å². The summed E-state index contributed by atoms with van der Waals surface area (Å²) in [6.07, 6.45) is 4.48. The lowest BCUT2D eigenvalue weighted by Gasteiger charge is -2.09. The maximum atomic E-state index is 10.3. The summed E-state index contributed by atoms with van der Waals surface area (Å²) in [6, 6.07) is 0. The van der Waals surface area contributed by atoms with Crippen LogP contribution < -0.4 is 0 Å². The van der Waals surface area contributed by atoms with Crippen LogP contribution in [-0.2, 0) is 56.9 Å². The second kappa shape index (κ2) is 38.3. The van der Waals surface area contributed by atoms with Crippen molar-refractivity contribution in [3.8, 4) is 0 Å². The van der Waals surface area contributed by atoms with Crippen LogP contribution in [0.25, 0.3) is 0 Å². The molecule has 0 saturated heterocycles. The summed E-state index contributed by atoms with van der Waals surface area (Å²) in [5.74, 6) is -0.255. The molecule has 0 atom stereocenters. The first-order chi connectivity index (χ1) is 20.8. The summed E-state index contributed by atoms with van der Waals surface area (Å²) in [5, 5.41) is 8.41. The van der Waals surface area contributed by atoms with Gasteiger partial charge in [-0.05, 0) is 12.8 Å². The van der Waals surface area contributed by atoms with Crippen LogP contribution in [0.2, 0.25) is 0 Å². The number of halogens is 1. The lowest BCUT2D eigenvalue weighted by atomic mass is 10.2. The summed E-state index contributed by atoms with van der Waals surface area (Å²) < 4.78 is 59.1. The average molecular weight is 635 g/mol. The number of carboxylic acids is 1. The molecule has 0 aromatic heterocycles. The standard InChI is InChI=1S/C28H55ClO13/c29-5-3-1-2-4-6-32-7-8-33-9-10-34-11-12-35-13-14-36-15-16-37-17-18-38-19-20-39-21-22-40-23-24-41-25-26-42-27-28(30)31/h1-27H2,(H,30,31). The van der Waals surface area contributed by atoms with Crippen molar-refractivity contribution in [2.45, 2.75) is 25.7 Å². The molecule has 0 heterocycles. The zero-order valence-electron chi connectivity index (χ0n) is 25.3. The third-order valence-electron chi connectivity index (χ3n) is 5.12. The number of carbonyl (C=O) groups is 1. The average Bonchev–Trinajstić information content (AvgIpc) is 2.98. The van der Waals surface area contributed by atoms with Crippen LogP contribution in [0.3, 0.4) is 0 Å². The molecule has 0 amide bonds. The number of alkyl halides is 1. The Morgan fingerprint density at radius 3 is 0.857 bits per heavy atom. The van der Waals surface area contributed by atoms with Crippen molar-refractivity contribution in [3.05, 3.63) is 0 Å². The molecule has 1 N–H and O–H groups in total. The minimum Gasteiger partial charge on any atom is -0.480 e. The number of unbranched alkanes of at least 4 members (excludes halogenated alkanes) is 3. The van der Waals surface area contributed by atoms with E-state index in [1.807, 2.05) is 0 Å². The van der Waals surface area contributed by atoms with Crippen LogP contribution in [0.4, 0.5) is 0 Å². The monoisotopic (exact) mass is 634 g/mol. The van der Waals surface area contributed by atoms with Gasteiger partial charge >= 0.3 is 5.97 Å². The SMILES string of the molecule is O=C(O)COCCOCCOCCOCCOCCOCCOCCOCCOCCOCCOCCCCCCCl. The van der Waals surface area contributed by atoms with E-state index in [4.69, 9.17) is 68.8 Å². The van der Waals surface area contributed by atoms with Crippen molar-refractivity contribution in [1.29, 1.82) is 0 Å². The lowest BCUT2D eigenvalue weighted by molar-refractivity contribution is -0.142. The van der Waals surface area contributed by atoms with Gasteiger partial charge in [-0.2, -0.15) is 0 Å². The molecule has 0 aliphatic heterocycles. The van der Waals surface area contributed by atoms with E-state index in [0.717, 1.165) is 31.7 Å². The van der Waals surface area contributed by atoms with E-state index in [2.05, 4.69) is 0 Å². The van der Waals surface area contributed by atoms with Gasteiger partial charge in [-0.3, -0.25) is 0 Å². The first-order valence-electron chi connectivity index (χ1n) is 14.9. The van der Waals surface area contributed by atoms with E-state index in [-0.39, 0.29) is 13.2 Å². The zero-order valence-corrected chi connectivity index (χ0v) is 26.1. The van der Waals surface area contributed by atoms with Gasteiger partial charge in [0.1, 0.15) is 6.61 Å². The Kier molecular flexibility index (Phi) is 37.7. The minimum atomic E-state index is -0.994. The number of carboxylic acid groups (broad SMARTS) is 1. The van der Waals surface area contributed by atoms with Gasteiger partial charge in [-0.25, -0.2) is 4.79 Å². The Balaban J connectivity index is 3.03. The van der Waals surface area contributed by atoms with E-state index < -0.39 is 5.97 Å². The van der Waals surface area contributed by atoms with Crippen LogP contribution in [-0.4, -0.2) is 162 Å². The minimum absolute atomic E-state index is 0.243. The first-order valence-corrected chi connectivity index (χ1v) is 15.4. The Bertz CT molecular complexity index is 520. The topological polar surface area (TPSA) is 139 Å². The molecule has 0 saturated carbocycles. The fourth-order valence-corrected chi connectivity index (χ4v) is 3.20. The van der Waals surface area contributed by atoms with Gasteiger partial charge in [0.05, 0.1) is 132 Å². The highest BCUT2D eigenvalue weighted by atomic mass is 35.5. The predicted molar refractivity (Wildman–Crippen MR) is 156 cm³/mol. The van der Waals surface area contributed by atoms with Crippen LogP contribution >= 0.6 is 11.6 Å². The number of rotatable bonds is 38. The van der Waals surface area contributed by atoms with Crippen molar-refractivity contribution in [3.63, 3.8) is 0 Å². The Hall–Kier alpha value is -0.680. The van der Waals surface area contributed by atoms with E-state index in [0.29, 0.717) is 126 Å². The molecule has 0 unspecified atom stereocenters. The van der Waals surface area contributed by atoms with Crippen molar-refractivity contribution in [1.82, 2.24) is 0 Å². The second-order valence-corrected chi connectivity index (χ2v) is 9.05. The Labute approximate surface area is 256 Å². The molecule has 13 nitrogen and oxygen atoms in total. The van der Waals surface area contributed by atoms with E-state index in [1.165, 1.54) is 6.42 Å². The van der Waals surface area contributed by atoms with E-state index >= 15 is 0 Å². The maximum Gasteiger partial charge on any atom is 0.329 e. The molecule has 0 aromatic carbocycles. The quantitative estimate of drug-likeness (QED) is 0.0784. The van der Waals surface area contributed by atoms with Gasteiger partial charge in [-0.15, -0.1) is 11.6 Å². The molecule has 0 radical (unpaired) electrons. The number of hydrogen-bond acceptors (Lipinski definition) is 12. The third-order valence-corrected chi connectivity index (χ3v) is 5.39. The summed E-state index contributed by atoms with van der Waals surface area (Å²) in [7, 11) is 0. The molecule has 14 heteroatoms. The molecule has 0 bridgehead atoms. The fourth-order valence-electron chi connectivity index (χ4n) is 3.01.